The Morgan fingerprint density at radius 1 is 0.600 bits per heavy atom. The fourth-order valence-electron chi connectivity index (χ4n) is 5.55. The van der Waals surface area contributed by atoms with Gasteiger partial charge in [-0.25, -0.2) is 16.8 Å². The number of ether oxygens (including phenoxy) is 4. The van der Waals surface area contributed by atoms with Crippen molar-refractivity contribution in [2.45, 2.75) is 98.0 Å². The molecule has 4 aromatic rings. The SMILES string of the molecule is Cc1cc(OCC2CO2)ccc1S(=O)(=O)c1ccccc1C(C)(C)C.Cc1cc(S(=O)(=O)c2ccccc2C(C)(C)C)ccc1OCC1CO1. The molecule has 10 heteroatoms. The number of hydrogen-bond donors (Lipinski definition) is 0. The smallest absolute Gasteiger partial charge is 0.207 e. The molecule has 2 heterocycles. The van der Waals surface area contributed by atoms with E-state index in [1.165, 1.54) is 0 Å². The molecule has 0 aromatic heterocycles. The second-order valence-electron chi connectivity index (χ2n) is 14.9. The van der Waals surface area contributed by atoms with Gasteiger partial charge in [0.05, 0.1) is 32.8 Å². The fourth-order valence-corrected chi connectivity index (χ4v) is 9.19. The maximum atomic E-state index is 13.2. The molecule has 2 atom stereocenters. The minimum atomic E-state index is -3.60. The van der Waals surface area contributed by atoms with Crippen LogP contribution in [0.25, 0.3) is 0 Å². The van der Waals surface area contributed by atoms with E-state index in [0.29, 0.717) is 45.0 Å². The number of benzene rings is 4. The third-order valence-corrected chi connectivity index (χ3v) is 12.3. The Bertz CT molecular complexity index is 2050. The van der Waals surface area contributed by atoms with Crippen LogP contribution in [-0.2, 0) is 40.0 Å². The highest BCUT2D eigenvalue weighted by Gasteiger charge is 2.30. The Labute approximate surface area is 297 Å². The molecule has 2 fully saturated rings. The van der Waals surface area contributed by atoms with Crippen LogP contribution in [0.2, 0.25) is 0 Å². The quantitative estimate of drug-likeness (QED) is 0.153. The van der Waals surface area contributed by atoms with E-state index in [9.17, 15) is 16.8 Å². The molecule has 0 amide bonds. The summed E-state index contributed by atoms with van der Waals surface area (Å²) in [4.78, 5) is 1.34. The van der Waals surface area contributed by atoms with Gasteiger partial charge in [0.25, 0.3) is 0 Å². The molecule has 0 saturated carbocycles. The van der Waals surface area contributed by atoms with Crippen LogP contribution < -0.4 is 9.47 Å². The topological polar surface area (TPSA) is 112 Å². The Morgan fingerprint density at radius 2 is 1.10 bits per heavy atom. The average Bonchev–Trinajstić information content (AvgIpc) is 3.99. The Morgan fingerprint density at radius 3 is 1.58 bits per heavy atom. The standard InChI is InChI=1S/2C20H24O4S/c1-14-11-16(9-10-18(14)24-13-15-12-23-15)25(21,22)19-8-6-5-7-17(19)20(2,3)4;1-14-11-15(23-12-16-13-24-16)9-10-18(14)25(21,22)19-8-6-5-7-17(19)20(2,3)4/h5-11,15H,12-13H2,1-4H3;5-11,16H,12-13H2,1-4H3. The lowest BCUT2D eigenvalue weighted by atomic mass is 9.87. The zero-order valence-corrected chi connectivity index (χ0v) is 31.8. The van der Waals surface area contributed by atoms with E-state index in [2.05, 4.69) is 0 Å². The van der Waals surface area contributed by atoms with E-state index in [-0.39, 0.29) is 27.9 Å². The van der Waals surface area contributed by atoms with E-state index in [0.717, 1.165) is 29.9 Å². The Hall–Kier alpha value is -3.70. The van der Waals surface area contributed by atoms with Crippen LogP contribution in [0.5, 0.6) is 11.5 Å². The van der Waals surface area contributed by atoms with E-state index in [1.54, 1.807) is 67.6 Å². The Balaban J connectivity index is 0.000000194. The first-order valence-corrected chi connectivity index (χ1v) is 19.7. The summed E-state index contributed by atoms with van der Waals surface area (Å²) in [5, 5.41) is 0. The van der Waals surface area contributed by atoms with Gasteiger partial charge in [-0.05, 0) is 95.5 Å². The average molecular weight is 721 g/mol. The molecule has 0 N–H and O–H groups in total. The lowest BCUT2D eigenvalue weighted by molar-refractivity contribution is 0.261. The van der Waals surface area contributed by atoms with Crippen molar-refractivity contribution >= 4 is 19.7 Å². The van der Waals surface area contributed by atoms with Crippen molar-refractivity contribution in [1.82, 2.24) is 0 Å². The van der Waals surface area contributed by atoms with Gasteiger partial charge in [0.1, 0.15) is 36.9 Å². The summed E-state index contributed by atoms with van der Waals surface area (Å²) < 4.78 is 74.4. The molecule has 2 saturated heterocycles. The van der Waals surface area contributed by atoms with Gasteiger partial charge in [-0.2, -0.15) is 0 Å². The van der Waals surface area contributed by atoms with Gasteiger partial charge in [0.15, 0.2) is 0 Å². The molecule has 8 nitrogen and oxygen atoms in total. The number of rotatable bonds is 10. The van der Waals surface area contributed by atoms with Crippen LogP contribution in [-0.4, -0.2) is 55.5 Å². The normalized spacial score (nSPS) is 17.4. The summed E-state index contributed by atoms with van der Waals surface area (Å²) in [6.07, 6.45) is 0.337. The fraction of sp³-hybridized carbons (Fsp3) is 0.400. The number of aryl methyl sites for hydroxylation is 2. The molecule has 4 aromatic carbocycles. The van der Waals surface area contributed by atoms with Crippen molar-refractivity contribution in [2.24, 2.45) is 0 Å². The number of hydrogen-bond acceptors (Lipinski definition) is 8. The largest absolute Gasteiger partial charge is 0.491 e. The third-order valence-electron chi connectivity index (χ3n) is 8.53. The second-order valence-corrected chi connectivity index (χ2v) is 18.7. The molecule has 0 bridgehead atoms. The van der Waals surface area contributed by atoms with Crippen molar-refractivity contribution < 1.29 is 35.8 Å². The summed E-state index contributed by atoms with van der Waals surface area (Å²) >= 11 is 0. The molecule has 6 rings (SSSR count). The molecule has 268 valence electrons. The summed E-state index contributed by atoms with van der Waals surface area (Å²) in [7, 11) is -7.19. The van der Waals surface area contributed by atoms with Crippen molar-refractivity contribution in [3.05, 3.63) is 107 Å². The van der Waals surface area contributed by atoms with Crippen molar-refractivity contribution in [3.63, 3.8) is 0 Å². The van der Waals surface area contributed by atoms with Crippen LogP contribution in [0.15, 0.2) is 105 Å². The highest BCUT2D eigenvalue weighted by atomic mass is 32.2. The van der Waals surface area contributed by atoms with Crippen LogP contribution in [0.3, 0.4) is 0 Å². The third kappa shape index (κ3) is 8.96. The maximum Gasteiger partial charge on any atom is 0.207 e. The Kier molecular flexibility index (Phi) is 10.9. The van der Waals surface area contributed by atoms with Crippen LogP contribution >= 0.6 is 0 Å². The monoisotopic (exact) mass is 720 g/mol. The van der Waals surface area contributed by atoms with Crippen LogP contribution in [0, 0.1) is 13.8 Å². The van der Waals surface area contributed by atoms with Crippen molar-refractivity contribution in [2.75, 3.05) is 26.4 Å². The molecule has 2 unspecified atom stereocenters. The van der Waals surface area contributed by atoms with Crippen LogP contribution in [0.1, 0.15) is 63.8 Å². The zero-order valence-electron chi connectivity index (χ0n) is 30.1. The summed E-state index contributed by atoms with van der Waals surface area (Å²) in [6.45, 7) is 18.2. The first-order chi connectivity index (χ1) is 23.4. The van der Waals surface area contributed by atoms with Gasteiger partial charge in [0, 0.05) is 0 Å². The molecule has 0 spiro atoms. The van der Waals surface area contributed by atoms with E-state index in [1.807, 2.05) is 72.7 Å². The van der Waals surface area contributed by atoms with Gasteiger partial charge < -0.3 is 18.9 Å². The summed E-state index contributed by atoms with van der Waals surface area (Å²) in [5.41, 5.74) is 2.60. The minimum absolute atomic E-state index is 0.168. The predicted octanol–water partition coefficient (Wildman–Crippen LogP) is 7.81. The lowest BCUT2D eigenvalue weighted by Crippen LogP contribution is -2.17. The van der Waals surface area contributed by atoms with Gasteiger partial charge in [-0.1, -0.05) is 77.9 Å². The highest BCUT2D eigenvalue weighted by molar-refractivity contribution is 7.92. The van der Waals surface area contributed by atoms with E-state index < -0.39 is 19.7 Å². The van der Waals surface area contributed by atoms with E-state index in [4.69, 9.17) is 18.9 Å². The first kappa shape index (κ1) is 37.6. The zero-order chi connectivity index (χ0) is 36.5. The molecule has 0 aliphatic carbocycles. The molecule has 2 aliphatic heterocycles. The molecule has 0 radical (unpaired) electrons. The summed E-state index contributed by atoms with van der Waals surface area (Å²) in [5.74, 6) is 1.36. The molecular weight excluding hydrogens is 673 g/mol. The highest BCUT2D eigenvalue weighted by Crippen LogP contribution is 2.35. The number of epoxide rings is 2. The molecular formula is C40H48O8S2. The first-order valence-electron chi connectivity index (χ1n) is 16.8. The summed E-state index contributed by atoms with van der Waals surface area (Å²) in [6, 6.07) is 24.6. The minimum Gasteiger partial charge on any atom is -0.491 e. The van der Waals surface area contributed by atoms with E-state index >= 15 is 0 Å². The maximum absolute atomic E-state index is 13.2. The van der Waals surface area contributed by atoms with Gasteiger partial charge >= 0.3 is 0 Å². The van der Waals surface area contributed by atoms with Crippen molar-refractivity contribution in [1.29, 1.82) is 0 Å². The molecule has 50 heavy (non-hydrogen) atoms. The van der Waals surface area contributed by atoms with Gasteiger partial charge in [-0.3, -0.25) is 0 Å². The van der Waals surface area contributed by atoms with Crippen LogP contribution in [0.4, 0.5) is 0 Å². The lowest BCUT2D eigenvalue weighted by Gasteiger charge is -2.23. The number of sulfone groups is 2. The van der Waals surface area contributed by atoms with Crippen molar-refractivity contribution in [3.8, 4) is 11.5 Å². The molecule has 2 aliphatic rings. The predicted molar refractivity (Wildman–Crippen MR) is 194 cm³/mol. The van der Waals surface area contributed by atoms with Gasteiger partial charge in [-0.15, -0.1) is 0 Å². The second kappa shape index (κ2) is 14.5. The van der Waals surface area contributed by atoms with Gasteiger partial charge in [0.2, 0.25) is 19.7 Å².